The molecule has 7 nitrogen and oxygen atoms in total. The standard InChI is InChI=1S/C30H51N3O4/c1-9-11-13-14-15-16-20-33(28(35)24(5)32-29(36)37-30(6,7)8)26(27(34)31-19-12-10-2)25-18-17-22(3)23(4)21-25/h17-18,21,24,26H,9-16,19-20H2,1-8H3,(H,31,34)(H,32,36). The van der Waals surface area contributed by atoms with Crippen molar-refractivity contribution < 1.29 is 19.1 Å². The zero-order valence-electron chi connectivity index (χ0n) is 24.5. The summed E-state index contributed by atoms with van der Waals surface area (Å²) < 4.78 is 5.36. The molecule has 2 N–H and O–H groups in total. The molecule has 0 saturated carbocycles. The summed E-state index contributed by atoms with van der Waals surface area (Å²) in [6.07, 6.45) is 7.59. The molecule has 0 spiro atoms. The number of ether oxygens (including phenoxy) is 1. The van der Waals surface area contributed by atoms with E-state index in [4.69, 9.17) is 4.74 Å². The van der Waals surface area contributed by atoms with Crippen LogP contribution in [0.5, 0.6) is 0 Å². The quantitative estimate of drug-likeness (QED) is 0.265. The average Bonchev–Trinajstić information content (AvgIpc) is 2.80. The van der Waals surface area contributed by atoms with Crippen molar-refractivity contribution in [2.45, 2.75) is 124 Å². The van der Waals surface area contributed by atoms with Gasteiger partial charge >= 0.3 is 6.09 Å². The van der Waals surface area contributed by atoms with Gasteiger partial charge in [-0.25, -0.2) is 4.79 Å². The largest absolute Gasteiger partial charge is 0.444 e. The van der Waals surface area contributed by atoms with E-state index >= 15 is 0 Å². The fourth-order valence-electron chi connectivity index (χ4n) is 4.12. The Morgan fingerprint density at radius 2 is 1.54 bits per heavy atom. The van der Waals surface area contributed by atoms with Gasteiger partial charge in [0.15, 0.2) is 0 Å². The number of amides is 3. The van der Waals surface area contributed by atoms with E-state index in [9.17, 15) is 14.4 Å². The van der Waals surface area contributed by atoms with E-state index in [-0.39, 0.29) is 11.8 Å². The molecule has 1 aromatic carbocycles. The molecule has 0 bridgehead atoms. The first kappa shape index (κ1) is 32.5. The number of hydrogen-bond acceptors (Lipinski definition) is 4. The Bertz CT molecular complexity index is 863. The van der Waals surface area contributed by atoms with Gasteiger partial charge in [0.2, 0.25) is 11.8 Å². The summed E-state index contributed by atoms with van der Waals surface area (Å²) in [6.45, 7) is 16.3. The van der Waals surface area contributed by atoms with Gasteiger partial charge in [-0.1, -0.05) is 70.6 Å². The highest BCUT2D eigenvalue weighted by Gasteiger charge is 2.34. The molecule has 0 radical (unpaired) electrons. The molecule has 3 amide bonds. The van der Waals surface area contributed by atoms with Crippen LogP contribution in [0.2, 0.25) is 0 Å². The van der Waals surface area contributed by atoms with Crippen LogP contribution in [0.25, 0.3) is 0 Å². The zero-order chi connectivity index (χ0) is 28.0. The zero-order valence-corrected chi connectivity index (χ0v) is 24.5. The molecule has 210 valence electrons. The Balaban J connectivity index is 3.27. The molecule has 0 saturated heterocycles. The van der Waals surface area contributed by atoms with Crippen molar-refractivity contribution in [3.63, 3.8) is 0 Å². The van der Waals surface area contributed by atoms with Crippen molar-refractivity contribution in [1.82, 2.24) is 15.5 Å². The minimum atomic E-state index is -0.840. The molecule has 0 aliphatic carbocycles. The summed E-state index contributed by atoms with van der Waals surface area (Å²) in [4.78, 5) is 41.4. The molecule has 0 heterocycles. The Morgan fingerprint density at radius 3 is 2.14 bits per heavy atom. The fraction of sp³-hybridized carbons (Fsp3) is 0.700. The normalized spacial score (nSPS) is 13.0. The maximum atomic E-state index is 13.8. The van der Waals surface area contributed by atoms with Gasteiger partial charge in [-0.05, 0) is 71.1 Å². The van der Waals surface area contributed by atoms with Gasteiger partial charge in [0.25, 0.3) is 0 Å². The van der Waals surface area contributed by atoms with E-state index in [1.807, 2.05) is 32.0 Å². The van der Waals surface area contributed by atoms with Crippen LogP contribution in [0.1, 0.15) is 116 Å². The molecule has 0 aliphatic rings. The number of carbonyl (C=O) groups excluding carboxylic acids is 3. The molecule has 0 aliphatic heterocycles. The van der Waals surface area contributed by atoms with E-state index in [2.05, 4.69) is 24.5 Å². The highest BCUT2D eigenvalue weighted by Crippen LogP contribution is 2.26. The molecule has 0 fully saturated rings. The Morgan fingerprint density at radius 1 is 0.919 bits per heavy atom. The first-order valence-corrected chi connectivity index (χ1v) is 14.1. The number of hydrogen-bond donors (Lipinski definition) is 2. The number of aryl methyl sites for hydroxylation is 2. The number of unbranched alkanes of at least 4 members (excludes halogenated alkanes) is 6. The maximum Gasteiger partial charge on any atom is 0.408 e. The molecule has 1 rings (SSSR count). The summed E-state index contributed by atoms with van der Waals surface area (Å²) >= 11 is 0. The van der Waals surface area contributed by atoms with Gasteiger partial charge in [-0.3, -0.25) is 9.59 Å². The van der Waals surface area contributed by atoms with Gasteiger partial charge in [0.05, 0.1) is 0 Å². The lowest BCUT2D eigenvalue weighted by Crippen LogP contribution is -2.52. The van der Waals surface area contributed by atoms with E-state index in [1.54, 1.807) is 32.6 Å². The molecule has 1 aromatic rings. The monoisotopic (exact) mass is 517 g/mol. The van der Waals surface area contributed by atoms with Gasteiger partial charge in [0, 0.05) is 13.1 Å². The Hall–Kier alpha value is -2.57. The fourth-order valence-corrected chi connectivity index (χ4v) is 4.12. The van der Waals surface area contributed by atoms with Crippen LogP contribution in [0.15, 0.2) is 18.2 Å². The third-order valence-corrected chi connectivity index (χ3v) is 6.38. The van der Waals surface area contributed by atoms with E-state index in [1.165, 1.54) is 19.3 Å². The van der Waals surface area contributed by atoms with Crippen molar-refractivity contribution in [3.8, 4) is 0 Å². The van der Waals surface area contributed by atoms with Crippen molar-refractivity contribution >= 4 is 17.9 Å². The molecule has 0 aromatic heterocycles. The summed E-state index contributed by atoms with van der Waals surface area (Å²) in [5.74, 6) is -0.492. The average molecular weight is 518 g/mol. The first-order chi connectivity index (χ1) is 17.4. The maximum absolute atomic E-state index is 13.8. The third-order valence-electron chi connectivity index (χ3n) is 6.38. The highest BCUT2D eigenvalue weighted by molar-refractivity contribution is 5.92. The van der Waals surface area contributed by atoms with Crippen molar-refractivity contribution in [2.75, 3.05) is 13.1 Å². The van der Waals surface area contributed by atoms with Gasteiger partial charge < -0.3 is 20.3 Å². The molecule has 2 atom stereocenters. The van der Waals surface area contributed by atoms with E-state index in [0.29, 0.717) is 13.1 Å². The van der Waals surface area contributed by atoms with Crippen LogP contribution < -0.4 is 10.6 Å². The molecule has 37 heavy (non-hydrogen) atoms. The van der Waals surface area contributed by atoms with Gasteiger partial charge in [-0.2, -0.15) is 0 Å². The highest BCUT2D eigenvalue weighted by atomic mass is 16.6. The van der Waals surface area contributed by atoms with E-state index in [0.717, 1.165) is 48.8 Å². The number of nitrogens with one attached hydrogen (secondary N) is 2. The molecule has 2 unspecified atom stereocenters. The topological polar surface area (TPSA) is 87.7 Å². The van der Waals surface area contributed by atoms with Crippen LogP contribution in [0, 0.1) is 13.8 Å². The number of benzene rings is 1. The van der Waals surface area contributed by atoms with Crippen molar-refractivity contribution in [1.29, 1.82) is 0 Å². The first-order valence-electron chi connectivity index (χ1n) is 14.1. The summed E-state index contributed by atoms with van der Waals surface area (Å²) in [5.41, 5.74) is 2.30. The second-order valence-electron chi connectivity index (χ2n) is 11.1. The van der Waals surface area contributed by atoms with Crippen molar-refractivity contribution in [2.24, 2.45) is 0 Å². The summed E-state index contributed by atoms with van der Waals surface area (Å²) in [6, 6.07) is 4.30. The number of rotatable bonds is 15. The summed E-state index contributed by atoms with van der Waals surface area (Å²) in [7, 11) is 0. The smallest absolute Gasteiger partial charge is 0.408 e. The van der Waals surface area contributed by atoms with Crippen LogP contribution in [0.3, 0.4) is 0 Å². The minimum Gasteiger partial charge on any atom is -0.444 e. The van der Waals surface area contributed by atoms with Crippen molar-refractivity contribution in [3.05, 3.63) is 34.9 Å². The van der Waals surface area contributed by atoms with Crippen LogP contribution >= 0.6 is 0 Å². The summed E-state index contributed by atoms with van der Waals surface area (Å²) in [5, 5.41) is 5.70. The lowest BCUT2D eigenvalue weighted by atomic mass is 9.98. The number of alkyl carbamates (subject to hydrolysis) is 1. The van der Waals surface area contributed by atoms with Crippen LogP contribution in [-0.2, 0) is 14.3 Å². The second kappa shape index (κ2) is 16.3. The lowest BCUT2D eigenvalue weighted by molar-refractivity contribution is -0.142. The van der Waals surface area contributed by atoms with Gasteiger partial charge in [0.1, 0.15) is 17.7 Å². The van der Waals surface area contributed by atoms with Gasteiger partial charge in [-0.15, -0.1) is 0 Å². The van der Waals surface area contributed by atoms with E-state index < -0.39 is 23.8 Å². The number of nitrogens with zero attached hydrogens (tertiary/aromatic N) is 1. The van der Waals surface area contributed by atoms with Crippen LogP contribution in [0.4, 0.5) is 4.79 Å². The number of carbonyl (C=O) groups is 3. The van der Waals surface area contributed by atoms with Crippen LogP contribution in [-0.4, -0.2) is 47.5 Å². The minimum absolute atomic E-state index is 0.194. The lowest BCUT2D eigenvalue weighted by Gasteiger charge is -2.34. The molecular weight excluding hydrogens is 466 g/mol. The predicted octanol–water partition coefficient (Wildman–Crippen LogP) is 6.36. The Kier molecular flexibility index (Phi) is 14.3. The SMILES string of the molecule is CCCCCCCCN(C(=O)C(C)NC(=O)OC(C)(C)C)C(C(=O)NCCCC)c1ccc(C)c(C)c1. The Labute approximate surface area is 225 Å². The third kappa shape index (κ3) is 12.0. The predicted molar refractivity (Wildman–Crippen MR) is 150 cm³/mol. The molecule has 7 heteroatoms. The second-order valence-corrected chi connectivity index (χ2v) is 11.1. The molecular formula is C30H51N3O4.